The molecule has 0 spiro atoms. The predicted molar refractivity (Wildman–Crippen MR) is 112 cm³/mol. The SMILES string of the molecule is Cc1ccc(-c2csc(SCC(=O)c3ccc(NS(C)(=O)=O)cc3)n2)cc1. The standard InChI is InChI=1S/C19H18N2O3S3/c1-13-3-5-14(6-4-13)17-11-25-19(20-17)26-12-18(22)15-7-9-16(10-8-15)21-27(2,23)24/h3-11,21H,12H2,1-2H3. The van der Waals surface area contributed by atoms with Gasteiger partial charge in [0, 0.05) is 22.2 Å². The largest absolute Gasteiger partial charge is 0.293 e. The summed E-state index contributed by atoms with van der Waals surface area (Å²) in [5.74, 6) is 0.248. The number of benzene rings is 2. The molecule has 0 unspecified atom stereocenters. The second-order valence-electron chi connectivity index (χ2n) is 6.03. The van der Waals surface area contributed by atoms with Crippen molar-refractivity contribution >= 4 is 44.6 Å². The van der Waals surface area contributed by atoms with Crippen LogP contribution in [0.1, 0.15) is 15.9 Å². The van der Waals surface area contributed by atoms with Crippen molar-refractivity contribution in [3.05, 3.63) is 65.0 Å². The molecule has 0 aliphatic rings. The molecule has 0 aliphatic heterocycles. The number of sulfonamides is 1. The van der Waals surface area contributed by atoms with Crippen LogP contribution in [0.25, 0.3) is 11.3 Å². The van der Waals surface area contributed by atoms with Gasteiger partial charge in [0.15, 0.2) is 10.1 Å². The third-order valence-corrected chi connectivity index (χ3v) is 6.29. The zero-order valence-corrected chi connectivity index (χ0v) is 17.2. The Morgan fingerprint density at radius 2 is 1.78 bits per heavy atom. The fourth-order valence-electron chi connectivity index (χ4n) is 2.33. The molecule has 0 atom stereocenters. The zero-order chi connectivity index (χ0) is 19.4. The molecule has 2 aromatic carbocycles. The van der Waals surface area contributed by atoms with Crippen LogP contribution in [0.5, 0.6) is 0 Å². The quantitative estimate of drug-likeness (QED) is 0.453. The Hall–Kier alpha value is -2.16. The normalized spacial score (nSPS) is 11.3. The molecule has 0 bridgehead atoms. The molecule has 0 saturated heterocycles. The van der Waals surface area contributed by atoms with Crippen LogP contribution in [0.4, 0.5) is 5.69 Å². The number of thiazole rings is 1. The molecule has 0 saturated carbocycles. The maximum atomic E-state index is 12.3. The highest BCUT2D eigenvalue weighted by Crippen LogP contribution is 2.29. The Morgan fingerprint density at radius 1 is 1.11 bits per heavy atom. The number of nitrogens with zero attached hydrogens (tertiary/aromatic N) is 1. The fourth-order valence-corrected chi connectivity index (χ4v) is 4.62. The second kappa shape index (κ2) is 8.24. The third-order valence-electron chi connectivity index (χ3n) is 3.67. The van der Waals surface area contributed by atoms with E-state index in [4.69, 9.17) is 0 Å². The van der Waals surface area contributed by atoms with Crippen molar-refractivity contribution in [1.82, 2.24) is 4.98 Å². The van der Waals surface area contributed by atoms with E-state index in [1.54, 1.807) is 24.3 Å². The van der Waals surface area contributed by atoms with Crippen molar-refractivity contribution in [2.75, 3.05) is 16.7 Å². The van der Waals surface area contributed by atoms with E-state index in [0.717, 1.165) is 21.9 Å². The Balaban J connectivity index is 1.60. The first kappa shape index (κ1) is 19.6. The highest BCUT2D eigenvalue weighted by Gasteiger charge is 2.11. The number of ketones is 1. The van der Waals surface area contributed by atoms with Gasteiger partial charge in [-0.15, -0.1) is 11.3 Å². The highest BCUT2D eigenvalue weighted by atomic mass is 32.2. The molecule has 5 nitrogen and oxygen atoms in total. The summed E-state index contributed by atoms with van der Waals surface area (Å²) in [5.41, 5.74) is 4.14. The topological polar surface area (TPSA) is 76.1 Å². The highest BCUT2D eigenvalue weighted by molar-refractivity contribution is 8.01. The van der Waals surface area contributed by atoms with Gasteiger partial charge < -0.3 is 0 Å². The number of anilines is 1. The number of Topliss-reactive ketones (excluding diaryl/α,β-unsaturated/α-hetero) is 1. The number of nitrogens with one attached hydrogen (secondary N) is 1. The van der Waals surface area contributed by atoms with E-state index < -0.39 is 10.0 Å². The first-order valence-corrected chi connectivity index (χ1v) is 11.8. The van der Waals surface area contributed by atoms with Crippen LogP contribution in [-0.2, 0) is 10.0 Å². The zero-order valence-electron chi connectivity index (χ0n) is 14.8. The van der Waals surface area contributed by atoms with E-state index in [0.29, 0.717) is 11.3 Å². The van der Waals surface area contributed by atoms with Crippen molar-refractivity contribution in [3.8, 4) is 11.3 Å². The number of carbonyl (C=O) groups excluding carboxylic acids is 1. The number of rotatable bonds is 7. The van der Waals surface area contributed by atoms with Crippen LogP contribution in [0.3, 0.4) is 0 Å². The van der Waals surface area contributed by atoms with Gasteiger partial charge in [0.1, 0.15) is 0 Å². The maximum Gasteiger partial charge on any atom is 0.229 e. The van der Waals surface area contributed by atoms with Crippen LogP contribution in [-0.4, -0.2) is 31.2 Å². The van der Waals surface area contributed by atoms with Crippen molar-refractivity contribution in [3.63, 3.8) is 0 Å². The summed E-state index contributed by atoms with van der Waals surface area (Å²) < 4.78 is 25.6. The molecule has 140 valence electrons. The molecular weight excluding hydrogens is 400 g/mol. The molecule has 0 amide bonds. The summed E-state index contributed by atoms with van der Waals surface area (Å²) in [6, 6.07) is 14.6. The first-order chi connectivity index (χ1) is 12.8. The fraction of sp³-hybridized carbons (Fsp3) is 0.158. The average molecular weight is 419 g/mol. The Morgan fingerprint density at radius 3 is 2.41 bits per heavy atom. The van der Waals surface area contributed by atoms with Gasteiger partial charge in [-0.25, -0.2) is 13.4 Å². The van der Waals surface area contributed by atoms with Crippen LogP contribution < -0.4 is 4.72 Å². The van der Waals surface area contributed by atoms with E-state index >= 15 is 0 Å². The number of aromatic nitrogens is 1. The molecule has 1 N–H and O–H groups in total. The Kier molecular flexibility index (Phi) is 5.98. The van der Waals surface area contributed by atoms with Crippen LogP contribution in [0.2, 0.25) is 0 Å². The van der Waals surface area contributed by atoms with E-state index in [1.165, 1.54) is 28.7 Å². The van der Waals surface area contributed by atoms with Gasteiger partial charge in [-0.1, -0.05) is 41.6 Å². The van der Waals surface area contributed by atoms with Crippen molar-refractivity contribution < 1.29 is 13.2 Å². The molecular formula is C19H18N2O3S3. The van der Waals surface area contributed by atoms with Crippen LogP contribution >= 0.6 is 23.1 Å². The lowest BCUT2D eigenvalue weighted by Gasteiger charge is -2.05. The predicted octanol–water partition coefficient (Wildman–Crippen LogP) is 4.47. The Labute approximate surface area is 166 Å². The second-order valence-corrected chi connectivity index (χ2v) is 9.86. The monoisotopic (exact) mass is 418 g/mol. The minimum Gasteiger partial charge on any atom is -0.293 e. The maximum absolute atomic E-state index is 12.3. The summed E-state index contributed by atoms with van der Waals surface area (Å²) in [6.45, 7) is 2.04. The van der Waals surface area contributed by atoms with E-state index in [-0.39, 0.29) is 11.5 Å². The van der Waals surface area contributed by atoms with Gasteiger partial charge in [0.2, 0.25) is 10.0 Å². The molecule has 1 aromatic heterocycles. The lowest BCUT2D eigenvalue weighted by Crippen LogP contribution is -2.10. The Bertz CT molecular complexity index is 1040. The average Bonchev–Trinajstić information content (AvgIpc) is 3.08. The summed E-state index contributed by atoms with van der Waals surface area (Å²) in [5, 5.41) is 1.99. The van der Waals surface area contributed by atoms with Crippen LogP contribution in [0.15, 0.2) is 58.3 Å². The number of hydrogen-bond acceptors (Lipinski definition) is 6. The molecule has 0 fully saturated rings. The van der Waals surface area contributed by atoms with Crippen molar-refractivity contribution in [1.29, 1.82) is 0 Å². The minimum atomic E-state index is -3.33. The number of thioether (sulfide) groups is 1. The number of aryl methyl sites for hydroxylation is 1. The number of carbonyl (C=O) groups is 1. The summed E-state index contributed by atoms with van der Waals surface area (Å²) in [6.07, 6.45) is 1.08. The van der Waals surface area contributed by atoms with Gasteiger partial charge in [-0.3, -0.25) is 9.52 Å². The van der Waals surface area contributed by atoms with Gasteiger partial charge in [-0.05, 0) is 31.2 Å². The lowest BCUT2D eigenvalue weighted by atomic mass is 10.1. The van der Waals surface area contributed by atoms with Crippen molar-refractivity contribution in [2.24, 2.45) is 0 Å². The molecule has 3 rings (SSSR count). The smallest absolute Gasteiger partial charge is 0.229 e. The van der Waals surface area contributed by atoms with Gasteiger partial charge in [0.05, 0.1) is 17.7 Å². The van der Waals surface area contributed by atoms with E-state index in [1.807, 2.05) is 36.6 Å². The molecule has 0 radical (unpaired) electrons. The van der Waals surface area contributed by atoms with Gasteiger partial charge in [0.25, 0.3) is 0 Å². The molecule has 27 heavy (non-hydrogen) atoms. The lowest BCUT2D eigenvalue weighted by molar-refractivity contribution is 0.102. The van der Waals surface area contributed by atoms with E-state index in [2.05, 4.69) is 9.71 Å². The minimum absolute atomic E-state index is 0.0296. The molecule has 3 aromatic rings. The molecule has 1 heterocycles. The molecule has 0 aliphatic carbocycles. The third kappa shape index (κ3) is 5.66. The van der Waals surface area contributed by atoms with E-state index in [9.17, 15) is 13.2 Å². The summed E-state index contributed by atoms with van der Waals surface area (Å²) in [4.78, 5) is 16.9. The molecule has 8 heteroatoms. The number of hydrogen-bond donors (Lipinski definition) is 1. The summed E-state index contributed by atoms with van der Waals surface area (Å²) in [7, 11) is -3.33. The first-order valence-electron chi connectivity index (χ1n) is 8.06. The van der Waals surface area contributed by atoms with Crippen LogP contribution in [0, 0.1) is 6.92 Å². The summed E-state index contributed by atoms with van der Waals surface area (Å²) >= 11 is 2.92. The van der Waals surface area contributed by atoms with Gasteiger partial charge >= 0.3 is 0 Å². The van der Waals surface area contributed by atoms with Crippen molar-refractivity contribution in [2.45, 2.75) is 11.3 Å². The van der Waals surface area contributed by atoms with Gasteiger partial charge in [-0.2, -0.15) is 0 Å².